The van der Waals surface area contributed by atoms with Gasteiger partial charge in [-0.05, 0) is 74.6 Å². The second-order valence-corrected chi connectivity index (χ2v) is 9.72. The van der Waals surface area contributed by atoms with Crippen molar-refractivity contribution in [3.8, 4) is 5.75 Å². The first-order valence-corrected chi connectivity index (χ1v) is 12.2. The third kappa shape index (κ3) is 5.26. The minimum absolute atomic E-state index is 0.169. The molecule has 0 amide bonds. The molecule has 2 aromatic carbocycles. The molecule has 4 nitrogen and oxygen atoms in total. The first kappa shape index (κ1) is 25.7. The Morgan fingerprint density at radius 1 is 1.17 bits per heavy atom. The molecule has 2 atom stereocenters. The van der Waals surface area contributed by atoms with Crippen molar-refractivity contribution in [2.45, 2.75) is 51.8 Å². The van der Waals surface area contributed by atoms with Crippen LogP contribution >= 0.6 is 23.2 Å². The van der Waals surface area contributed by atoms with E-state index >= 15 is 0 Å². The predicted octanol–water partition coefficient (Wildman–Crippen LogP) is 7.51. The summed E-state index contributed by atoms with van der Waals surface area (Å²) in [5.74, 6) is 0.0715. The number of hydrogen-bond donors (Lipinski definition) is 0. The molecule has 0 spiro atoms. The van der Waals surface area contributed by atoms with Gasteiger partial charge >= 0.3 is 12.1 Å². The number of carbonyl (C=O) groups excluding carboxylic acids is 1. The minimum Gasteiger partial charge on any atom is -0.489 e. The standard InChI is InChI=1S/C26H26Cl2F3NO3/c1-4-34-25(33)15-5-6-18(10-15)35-23-8-7-21(27)20(24(23)28)13-17-12-19-14(2)9-16(26(29,30)31)11-22(19)32(17)3/h7-9,11-12,15,18H,4-6,10,13H2,1-3H3/t15-,18+/m0/s1. The summed E-state index contributed by atoms with van der Waals surface area (Å²) in [7, 11) is 1.73. The second-order valence-electron chi connectivity index (χ2n) is 8.94. The summed E-state index contributed by atoms with van der Waals surface area (Å²) in [5, 5.41) is 1.54. The van der Waals surface area contributed by atoms with E-state index in [-0.39, 0.29) is 18.0 Å². The lowest BCUT2D eigenvalue weighted by Crippen LogP contribution is -2.18. The Labute approximate surface area is 211 Å². The van der Waals surface area contributed by atoms with E-state index < -0.39 is 11.7 Å². The summed E-state index contributed by atoms with van der Waals surface area (Å²) in [6.45, 7) is 3.79. The molecule has 188 valence electrons. The fraction of sp³-hybridized carbons (Fsp3) is 0.423. The van der Waals surface area contributed by atoms with E-state index in [1.807, 2.05) is 6.07 Å². The quantitative estimate of drug-likeness (QED) is 0.311. The molecule has 1 aromatic heterocycles. The second kappa shape index (κ2) is 9.94. The average Bonchev–Trinajstić information content (AvgIpc) is 3.38. The fourth-order valence-corrected chi connectivity index (χ4v) is 5.26. The highest BCUT2D eigenvalue weighted by Crippen LogP contribution is 2.39. The first-order valence-electron chi connectivity index (χ1n) is 11.5. The van der Waals surface area contributed by atoms with Crippen LogP contribution < -0.4 is 4.74 Å². The molecule has 3 aromatic rings. The molecule has 4 rings (SSSR count). The van der Waals surface area contributed by atoms with Gasteiger partial charge in [-0.25, -0.2) is 0 Å². The molecule has 1 aliphatic rings. The SMILES string of the molecule is CCOC(=O)[C@H]1CC[C@@H](Oc2ccc(Cl)c(Cc3cc4c(C)cc(C(F)(F)F)cc4n3C)c2Cl)C1. The summed E-state index contributed by atoms with van der Waals surface area (Å²) in [4.78, 5) is 12.0. The van der Waals surface area contributed by atoms with E-state index in [0.717, 1.165) is 23.2 Å². The number of rotatable bonds is 6. The molecule has 1 saturated carbocycles. The molecule has 0 aliphatic heterocycles. The number of benzene rings is 2. The number of halogens is 5. The average molecular weight is 528 g/mol. The van der Waals surface area contributed by atoms with E-state index in [2.05, 4.69) is 0 Å². The zero-order valence-corrected chi connectivity index (χ0v) is 21.2. The van der Waals surface area contributed by atoms with Crippen LogP contribution in [0.2, 0.25) is 10.0 Å². The number of aromatic nitrogens is 1. The van der Waals surface area contributed by atoms with Crippen molar-refractivity contribution in [3.63, 3.8) is 0 Å². The van der Waals surface area contributed by atoms with Crippen molar-refractivity contribution in [1.29, 1.82) is 0 Å². The zero-order chi connectivity index (χ0) is 25.5. The fourth-order valence-electron chi connectivity index (χ4n) is 4.71. The molecular formula is C26H26Cl2F3NO3. The molecule has 0 saturated heterocycles. The Morgan fingerprint density at radius 2 is 1.91 bits per heavy atom. The maximum atomic E-state index is 13.3. The molecule has 9 heteroatoms. The summed E-state index contributed by atoms with van der Waals surface area (Å²) in [6.07, 6.45) is -2.32. The van der Waals surface area contributed by atoms with Crippen molar-refractivity contribution >= 4 is 40.1 Å². The van der Waals surface area contributed by atoms with Crippen LogP contribution in [-0.2, 0) is 29.2 Å². The van der Waals surface area contributed by atoms with Crippen molar-refractivity contribution in [2.24, 2.45) is 13.0 Å². The Kier molecular flexibility index (Phi) is 7.30. The van der Waals surface area contributed by atoms with Crippen LogP contribution in [-0.4, -0.2) is 23.2 Å². The number of alkyl halides is 3. The van der Waals surface area contributed by atoms with E-state index in [1.54, 1.807) is 37.6 Å². The monoisotopic (exact) mass is 527 g/mol. The van der Waals surface area contributed by atoms with Crippen LogP contribution in [0.15, 0.2) is 30.3 Å². The van der Waals surface area contributed by atoms with Gasteiger partial charge in [-0.3, -0.25) is 4.79 Å². The highest BCUT2D eigenvalue weighted by Gasteiger charge is 2.33. The van der Waals surface area contributed by atoms with Crippen LogP contribution in [0.1, 0.15) is 48.6 Å². The van der Waals surface area contributed by atoms with Gasteiger partial charge in [-0.2, -0.15) is 13.2 Å². The Balaban J connectivity index is 1.60. The Morgan fingerprint density at radius 3 is 2.60 bits per heavy atom. The van der Waals surface area contributed by atoms with Crippen LogP contribution in [0.25, 0.3) is 10.9 Å². The van der Waals surface area contributed by atoms with Gasteiger partial charge in [-0.15, -0.1) is 0 Å². The van der Waals surface area contributed by atoms with Gasteiger partial charge in [0.2, 0.25) is 0 Å². The molecule has 35 heavy (non-hydrogen) atoms. The molecule has 1 heterocycles. The number of nitrogens with zero attached hydrogens (tertiary/aromatic N) is 1. The number of hydrogen-bond acceptors (Lipinski definition) is 3. The van der Waals surface area contributed by atoms with Gasteiger partial charge in [0.15, 0.2) is 0 Å². The lowest BCUT2D eigenvalue weighted by atomic mass is 10.1. The number of carbonyl (C=O) groups is 1. The van der Waals surface area contributed by atoms with E-state index in [9.17, 15) is 18.0 Å². The van der Waals surface area contributed by atoms with Gasteiger partial charge in [0.1, 0.15) is 5.75 Å². The number of ether oxygens (including phenoxy) is 2. The normalized spacial score (nSPS) is 18.3. The Hall–Kier alpha value is -2.38. The van der Waals surface area contributed by atoms with Crippen molar-refractivity contribution in [1.82, 2.24) is 4.57 Å². The highest BCUT2D eigenvalue weighted by molar-refractivity contribution is 6.37. The highest BCUT2D eigenvalue weighted by atomic mass is 35.5. The van der Waals surface area contributed by atoms with E-state index in [0.29, 0.717) is 64.7 Å². The smallest absolute Gasteiger partial charge is 0.416 e. The minimum atomic E-state index is -4.42. The topological polar surface area (TPSA) is 40.5 Å². The lowest BCUT2D eigenvalue weighted by molar-refractivity contribution is -0.148. The largest absolute Gasteiger partial charge is 0.489 e. The summed E-state index contributed by atoms with van der Waals surface area (Å²) >= 11 is 13.2. The van der Waals surface area contributed by atoms with Crippen molar-refractivity contribution in [3.05, 3.63) is 62.8 Å². The third-order valence-electron chi connectivity index (χ3n) is 6.60. The summed E-state index contributed by atoms with van der Waals surface area (Å²) < 4.78 is 52.9. The third-order valence-corrected chi connectivity index (χ3v) is 7.37. The number of aryl methyl sites for hydroxylation is 2. The van der Waals surface area contributed by atoms with Crippen LogP contribution in [0.5, 0.6) is 5.75 Å². The molecule has 0 unspecified atom stereocenters. The maximum Gasteiger partial charge on any atom is 0.416 e. The van der Waals surface area contributed by atoms with Crippen LogP contribution in [0.3, 0.4) is 0 Å². The van der Waals surface area contributed by atoms with Gasteiger partial charge in [0.25, 0.3) is 0 Å². The lowest BCUT2D eigenvalue weighted by Gasteiger charge is -2.18. The van der Waals surface area contributed by atoms with E-state index in [1.165, 1.54) is 0 Å². The number of esters is 1. The van der Waals surface area contributed by atoms with Gasteiger partial charge < -0.3 is 14.0 Å². The van der Waals surface area contributed by atoms with E-state index in [4.69, 9.17) is 32.7 Å². The summed E-state index contributed by atoms with van der Waals surface area (Å²) in [6, 6.07) is 7.59. The predicted molar refractivity (Wildman–Crippen MR) is 130 cm³/mol. The maximum absolute atomic E-state index is 13.3. The molecular weight excluding hydrogens is 502 g/mol. The van der Waals surface area contributed by atoms with Gasteiger partial charge in [-0.1, -0.05) is 23.2 Å². The Bertz CT molecular complexity index is 1270. The first-order chi connectivity index (χ1) is 16.5. The van der Waals surface area contributed by atoms with Crippen molar-refractivity contribution in [2.75, 3.05) is 6.61 Å². The molecule has 0 bridgehead atoms. The van der Waals surface area contributed by atoms with Gasteiger partial charge in [0.05, 0.1) is 29.2 Å². The molecule has 0 radical (unpaired) electrons. The van der Waals surface area contributed by atoms with Crippen LogP contribution in [0.4, 0.5) is 13.2 Å². The molecule has 1 fully saturated rings. The van der Waals surface area contributed by atoms with Crippen LogP contribution in [0, 0.1) is 12.8 Å². The number of fused-ring (bicyclic) bond motifs is 1. The van der Waals surface area contributed by atoms with Crippen molar-refractivity contribution < 1.29 is 27.4 Å². The molecule has 0 N–H and O–H groups in total. The molecule has 1 aliphatic carbocycles. The van der Waals surface area contributed by atoms with Gasteiger partial charge in [0, 0.05) is 35.1 Å². The summed E-state index contributed by atoms with van der Waals surface area (Å²) in [5.41, 5.74) is 1.75. The zero-order valence-electron chi connectivity index (χ0n) is 19.6.